The van der Waals surface area contributed by atoms with Crippen LogP contribution in [0, 0.1) is 6.92 Å². The van der Waals surface area contributed by atoms with Crippen molar-refractivity contribution in [2.45, 2.75) is 19.8 Å². The lowest BCUT2D eigenvalue weighted by Gasteiger charge is -2.41. The van der Waals surface area contributed by atoms with Crippen LogP contribution in [0.3, 0.4) is 0 Å². The highest BCUT2D eigenvalue weighted by molar-refractivity contribution is 5.99. The number of hydrogen-bond donors (Lipinski definition) is 0. The Hall–Kier alpha value is -2.49. The van der Waals surface area contributed by atoms with Gasteiger partial charge < -0.3 is 14.5 Å². The molecule has 2 aromatic carbocycles. The number of rotatable bonds is 3. The highest BCUT2D eigenvalue weighted by Gasteiger charge is 2.31. The Bertz CT molecular complexity index is 772. The van der Waals surface area contributed by atoms with Crippen LogP contribution in [0.25, 0.3) is 0 Å². The zero-order valence-corrected chi connectivity index (χ0v) is 14.0. The van der Waals surface area contributed by atoms with E-state index in [1.807, 2.05) is 35.2 Å². The van der Waals surface area contributed by atoms with Gasteiger partial charge in [0.2, 0.25) is 5.91 Å². The van der Waals surface area contributed by atoms with Crippen LogP contribution >= 0.6 is 0 Å². The number of anilines is 2. The molecule has 0 unspecified atom stereocenters. The second-order valence-corrected chi connectivity index (χ2v) is 6.43. The maximum absolute atomic E-state index is 12.8. The number of hydrogen-bond acceptors (Lipinski definition) is 3. The molecule has 4 heteroatoms. The smallest absolute Gasteiger partial charge is 0.227 e. The van der Waals surface area contributed by atoms with Crippen molar-refractivity contribution < 1.29 is 9.53 Å². The number of aryl methyl sites for hydroxylation is 2. The third kappa shape index (κ3) is 2.62. The van der Waals surface area contributed by atoms with Crippen molar-refractivity contribution in [1.82, 2.24) is 0 Å². The Balaban J connectivity index is 1.54. The normalized spacial score (nSPS) is 15.7. The van der Waals surface area contributed by atoms with Gasteiger partial charge in [0.25, 0.3) is 0 Å². The minimum atomic E-state index is 0.192. The summed E-state index contributed by atoms with van der Waals surface area (Å²) >= 11 is 0. The van der Waals surface area contributed by atoms with Crippen molar-refractivity contribution in [2.75, 3.05) is 36.0 Å². The summed E-state index contributed by atoms with van der Waals surface area (Å²) in [6.07, 6.45) is 1.33. The van der Waals surface area contributed by atoms with Gasteiger partial charge in [-0.15, -0.1) is 0 Å². The lowest BCUT2D eigenvalue weighted by atomic mass is 10.0. The molecule has 0 aliphatic carbocycles. The van der Waals surface area contributed by atoms with E-state index in [0.29, 0.717) is 6.42 Å². The van der Waals surface area contributed by atoms with E-state index >= 15 is 0 Å². The molecule has 0 N–H and O–H groups in total. The standard InChI is InChI=1S/C20H22N2O2/c1-15-5-2-3-6-16(15)9-10-19(23)22-12-11-21-13-14-24-18-8-4-7-17(22)20(18)21/h2-8H,9-14H2,1H3. The van der Waals surface area contributed by atoms with Gasteiger partial charge in [0.1, 0.15) is 18.0 Å². The quantitative estimate of drug-likeness (QED) is 0.870. The van der Waals surface area contributed by atoms with Crippen LogP contribution in [-0.4, -0.2) is 32.1 Å². The fourth-order valence-corrected chi connectivity index (χ4v) is 3.63. The molecule has 4 nitrogen and oxygen atoms in total. The Morgan fingerprint density at radius 1 is 1.08 bits per heavy atom. The molecule has 0 radical (unpaired) electrons. The van der Waals surface area contributed by atoms with Crippen molar-refractivity contribution in [1.29, 1.82) is 0 Å². The largest absolute Gasteiger partial charge is 0.489 e. The van der Waals surface area contributed by atoms with Gasteiger partial charge in [-0.2, -0.15) is 0 Å². The predicted octanol–water partition coefficient (Wildman–Crippen LogP) is 3.17. The summed E-state index contributed by atoms with van der Waals surface area (Å²) in [4.78, 5) is 17.1. The lowest BCUT2D eigenvalue weighted by molar-refractivity contribution is -0.118. The summed E-state index contributed by atoms with van der Waals surface area (Å²) in [5.41, 5.74) is 4.58. The average molecular weight is 322 g/mol. The Morgan fingerprint density at radius 3 is 2.83 bits per heavy atom. The molecule has 0 bridgehead atoms. The summed E-state index contributed by atoms with van der Waals surface area (Å²) in [5, 5.41) is 0. The second kappa shape index (κ2) is 6.19. The van der Waals surface area contributed by atoms with Crippen LogP contribution in [-0.2, 0) is 11.2 Å². The first-order valence-electron chi connectivity index (χ1n) is 8.59. The Morgan fingerprint density at radius 2 is 1.96 bits per heavy atom. The van der Waals surface area contributed by atoms with Crippen LogP contribution in [0.5, 0.6) is 5.75 Å². The number of amides is 1. The molecule has 124 valence electrons. The van der Waals surface area contributed by atoms with Gasteiger partial charge in [-0.3, -0.25) is 4.79 Å². The molecule has 0 fully saturated rings. The van der Waals surface area contributed by atoms with Gasteiger partial charge in [0, 0.05) is 19.5 Å². The van der Waals surface area contributed by atoms with Gasteiger partial charge >= 0.3 is 0 Å². The van der Waals surface area contributed by atoms with E-state index in [1.165, 1.54) is 11.1 Å². The molecule has 2 aromatic rings. The maximum Gasteiger partial charge on any atom is 0.227 e. The maximum atomic E-state index is 12.8. The van der Waals surface area contributed by atoms with Crippen molar-refractivity contribution >= 4 is 17.3 Å². The van der Waals surface area contributed by atoms with Crippen LogP contribution < -0.4 is 14.5 Å². The monoisotopic (exact) mass is 322 g/mol. The summed E-state index contributed by atoms with van der Waals surface area (Å²) in [7, 11) is 0. The third-order valence-corrected chi connectivity index (χ3v) is 4.97. The van der Waals surface area contributed by atoms with Crippen molar-refractivity contribution in [3.8, 4) is 5.75 Å². The predicted molar refractivity (Wildman–Crippen MR) is 96.0 cm³/mol. The Kier molecular flexibility index (Phi) is 3.89. The van der Waals surface area contributed by atoms with E-state index in [1.54, 1.807) is 0 Å². The van der Waals surface area contributed by atoms with Gasteiger partial charge in [0.15, 0.2) is 0 Å². The van der Waals surface area contributed by atoms with E-state index < -0.39 is 0 Å². The zero-order chi connectivity index (χ0) is 16.5. The lowest BCUT2D eigenvalue weighted by Crippen LogP contribution is -2.47. The molecule has 24 heavy (non-hydrogen) atoms. The summed E-state index contributed by atoms with van der Waals surface area (Å²) in [5.74, 6) is 1.09. The Labute approximate surface area is 142 Å². The van der Waals surface area contributed by atoms with Crippen LogP contribution in [0.15, 0.2) is 42.5 Å². The summed E-state index contributed by atoms with van der Waals surface area (Å²) < 4.78 is 5.76. The van der Waals surface area contributed by atoms with Gasteiger partial charge in [-0.25, -0.2) is 0 Å². The minimum Gasteiger partial charge on any atom is -0.489 e. The molecule has 0 aromatic heterocycles. The molecule has 0 saturated heterocycles. The molecule has 4 rings (SSSR count). The molecule has 2 aliphatic rings. The van der Waals surface area contributed by atoms with Crippen LogP contribution in [0.2, 0.25) is 0 Å². The van der Waals surface area contributed by atoms with E-state index in [4.69, 9.17) is 4.74 Å². The number of para-hydroxylation sites is 1. The first kappa shape index (κ1) is 15.1. The topological polar surface area (TPSA) is 32.8 Å². The van der Waals surface area contributed by atoms with Gasteiger partial charge in [0.05, 0.1) is 12.2 Å². The molecule has 1 amide bonds. The first-order chi connectivity index (χ1) is 11.7. The number of carbonyl (C=O) groups is 1. The highest BCUT2D eigenvalue weighted by Crippen LogP contribution is 2.42. The van der Waals surface area contributed by atoms with Crippen molar-refractivity contribution in [3.63, 3.8) is 0 Å². The number of nitrogens with zero attached hydrogens (tertiary/aromatic N) is 2. The number of benzene rings is 2. The average Bonchev–Trinajstić information content (AvgIpc) is 2.62. The number of ether oxygens (including phenoxy) is 1. The SMILES string of the molecule is Cc1ccccc1CCC(=O)N1CCN2CCOc3cccc1c32. The second-order valence-electron chi connectivity index (χ2n) is 6.43. The fraction of sp³-hybridized carbons (Fsp3) is 0.350. The van der Waals surface area contributed by atoms with E-state index in [2.05, 4.69) is 24.0 Å². The molecule has 2 aliphatic heterocycles. The van der Waals surface area contributed by atoms with Gasteiger partial charge in [-0.05, 0) is 36.6 Å². The number of carbonyl (C=O) groups excluding carboxylic acids is 1. The van der Waals surface area contributed by atoms with Crippen LogP contribution in [0.1, 0.15) is 17.5 Å². The van der Waals surface area contributed by atoms with E-state index in [9.17, 15) is 4.79 Å². The molecule has 0 saturated carbocycles. The molecule has 0 atom stereocenters. The van der Waals surface area contributed by atoms with Gasteiger partial charge in [-0.1, -0.05) is 30.3 Å². The van der Waals surface area contributed by atoms with Crippen LogP contribution in [0.4, 0.5) is 11.4 Å². The zero-order valence-electron chi connectivity index (χ0n) is 14.0. The highest BCUT2D eigenvalue weighted by atomic mass is 16.5. The molecular formula is C20H22N2O2. The molecule has 0 spiro atoms. The summed E-state index contributed by atoms with van der Waals surface area (Å²) in [6.45, 7) is 5.35. The van der Waals surface area contributed by atoms with Crippen molar-refractivity contribution in [3.05, 3.63) is 53.6 Å². The minimum absolute atomic E-state index is 0.192. The fourth-order valence-electron chi connectivity index (χ4n) is 3.63. The van der Waals surface area contributed by atoms with E-state index in [-0.39, 0.29) is 5.91 Å². The molecule has 2 heterocycles. The first-order valence-corrected chi connectivity index (χ1v) is 8.59. The third-order valence-electron chi connectivity index (χ3n) is 4.97. The summed E-state index contributed by atoms with van der Waals surface area (Å²) in [6, 6.07) is 14.3. The molecular weight excluding hydrogens is 300 g/mol. The van der Waals surface area contributed by atoms with Crippen molar-refractivity contribution in [2.24, 2.45) is 0 Å². The van der Waals surface area contributed by atoms with E-state index in [0.717, 1.165) is 49.8 Å².